The van der Waals surface area contributed by atoms with Gasteiger partial charge in [-0.15, -0.1) is 0 Å². The summed E-state index contributed by atoms with van der Waals surface area (Å²) in [6, 6.07) is -1.93. The Hall–Kier alpha value is -2.48. The topological polar surface area (TPSA) is 142 Å². The molecule has 2 N–H and O–H groups in total. The van der Waals surface area contributed by atoms with E-state index in [-0.39, 0.29) is 12.5 Å². The first-order valence-electron chi connectivity index (χ1n) is 9.06. The fraction of sp³-hybridized carbons (Fsp3) is 0.824. The van der Waals surface area contributed by atoms with Crippen LogP contribution >= 0.6 is 0 Å². The van der Waals surface area contributed by atoms with E-state index in [9.17, 15) is 14.4 Å². The summed E-state index contributed by atoms with van der Waals surface area (Å²) < 4.78 is 9.78. The normalized spacial score (nSPS) is 17.0. The number of carbonyl (C=O) groups is 3. The van der Waals surface area contributed by atoms with Crippen molar-refractivity contribution in [3.05, 3.63) is 10.4 Å². The molecule has 2 amide bonds. The third-order valence-corrected chi connectivity index (χ3v) is 4.26. The molecule has 1 rings (SSSR count). The molecule has 0 aromatic heterocycles. The van der Waals surface area contributed by atoms with E-state index in [0.29, 0.717) is 0 Å². The lowest BCUT2D eigenvalue weighted by Crippen LogP contribution is -2.54. The molecule has 10 heteroatoms. The Morgan fingerprint density at radius 2 is 1.85 bits per heavy atom. The fourth-order valence-corrected chi connectivity index (χ4v) is 3.07. The first kappa shape index (κ1) is 22.6. The van der Waals surface area contributed by atoms with E-state index in [0.717, 1.165) is 32.1 Å². The highest BCUT2D eigenvalue weighted by Crippen LogP contribution is 2.29. The predicted molar refractivity (Wildman–Crippen MR) is 97.7 cm³/mol. The lowest BCUT2D eigenvalue weighted by molar-refractivity contribution is -0.141. The summed E-state index contributed by atoms with van der Waals surface area (Å²) >= 11 is 0. The molecule has 27 heavy (non-hydrogen) atoms. The first-order chi connectivity index (χ1) is 12.7. The van der Waals surface area contributed by atoms with E-state index >= 15 is 0 Å². The Morgan fingerprint density at radius 1 is 1.22 bits per heavy atom. The maximum atomic E-state index is 12.5. The summed E-state index contributed by atoms with van der Waals surface area (Å²) in [6.45, 7) is 4.85. The quantitative estimate of drug-likeness (QED) is 0.300. The number of azide groups is 1. The van der Waals surface area contributed by atoms with E-state index in [4.69, 9.17) is 10.3 Å². The number of hydrogen-bond acceptors (Lipinski definition) is 6. The average Bonchev–Trinajstić information content (AvgIpc) is 2.61. The van der Waals surface area contributed by atoms with Crippen LogP contribution in [0, 0.1) is 5.92 Å². The number of nitrogens with one attached hydrogen (secondary N) is 2. The van der Waals surface area contributed by atoms with E-state index in [2.05, 4.69) is 25.4 Å². The van der Waals surface area contributed by atoms with Gasteiger partial charge in [0.25, 0.3) is 0 Å². The van der Waals surface area contributed by atoms with Crippen molar-refractivity contribution in [1.82, 2.24) is 10.6 Å². The summed E-state index contributed by atoms with van der Waals surface area (Å²) in [4.78, 5) is 38.8. The zero-order chi connectivity index (χ0) is 20.4. The Labute approximate surface area is 159 Å². The standard InChI is InChI=1S/C17H29N5O5/c1-17(2,3)27-16(25)20-13(11-8-6-5-7-9-11)14(21-22-18)15(24)19-10-12(23)26-4/h11,13-14H,5-10H2,1-4H3,(H,19,24)(H,20,25)/t13-,14-/m1/s1. The Kier molecular flexibility index (Phi) is 8.87. The van der Waals surface area contributed by atoms with Crippen molar-refractivity contribution in [2.45, 2.75) is 70.6 Å². The van der Waals surface area contributed by atoms with Crippen LogP contribution in [0.1, 0.15) is 52.9 Å². The molecule has 0 radical (unpaired) electrons. The van der Waals surface area contributed by atoms with Crippen molar-refractivity contribution in [2.75, 3.05) is 13.7 Å². The number of hydrogen-bond donors (Lipinski definition) is 2. The van der Waals surface area contributed by atoms with Gasteiger partial charge in [0.2, 0.25) is 5.91 Å². The fourth-order valence-electron chi connectivity index (χ4n) is 3.07. The van der Waals surface area contributed by atoms with Crippen LogP contribution in [-0.4, -0.2) is 49.3 Å². The Morgan fingerprint density at radius 3 is 2.37 bits per heavy atom. The van der Waals surface area contributed by atoms with Crippen molar-refractivity contribution in [1.29, 1.82) is 0 Å². The number of esters is 1. The van der Waals surface area contributed by atoms with Crippen LogP contribution in [-0.2, 0) is 19.1 Å². The molecular formula is C17H29N5O5. The minimum atomic E-state index is -1.20. The summed E-state index contributed by atoms with van der Waals surface area (Å²) in [5.74, 6) is -1.31. The molecule has 152 valence electrons. The van der Waals surface area contributed by atoms with Gasteiger partial charge in [0.15, 0.2) is 0 Å². The summed E-state index contributed by atoms with van der Waals surface area (Å²) in [5, 5.41) is 8.70. The largest absolute Gasteiger partial charge is 0.468 e. The molecule has 1 aliphatic carbocycles. The molecule has 0 unspecified atom stereocenters. The van der Waals surface area contributed by atoms with Gasteiger partial charge in [0.05, 0.1) is 13.2 Å². The van der Waals surface area contributed by atoms with E-state index in [1.165, 1.54) is 7.11 Å². The van der Waals surface area contributed by atoms with Crippen LogP contribution in [0.15, 0.2) is 5.11 Å². The third-order valence-electron chi connectivity index (χ3n) is 4.26. The van der Waals surface area contributed by atoms with Crippen LogP contribution in [0.2, 0.25) is 0 Å². The van der Waals surface area contributed by atoms with E-state index in [1.54, 1.807) is 20.8 Å². The molecule has 1 fully saturated rings. The Bertz CT molecular complexity index is 577. The zero-order valence-electron chi connectivity index (χ0n) is 16.4. The summed E-state index contributed by atoms with van der Waals surface area (Å²) in [5.41, 5.74) is 8.21. The van der Waals surface area contributed by atoms with Gasteiger partial charge in [-0.25, -0.2) is 4.79 Å². The van der Waals surface area contributed by atoms with Crippen LogP contribution in [0.3, 0.4) is 0 Å². The number of carbonyl (C=O) groups excluding carboxylic acids is 3. The summed E-state index contributed by atoms with van der Waals surface area (Å²) in [6.07, 6.45) is 3.91. The van der Waals surface area contributed by atoms with Crippen molar-refractivity contribution in [3.63, 3.8) is 0 Å². The molecular weight excluding hydrogens is 354 g/mol. The van der Waals surface area contributed by atoms with Gasteiger partial charge < -0.3 is 20.1 Å². The van der Waals surface area contributed by atoms with Gasteiger partial charge in [0, 0.05) is 4.91 Å². The minimum absolute atomic E-state index is 0.0364. The minimum Gasteiger partial charge on any atom is -0.468 e. The first-order valence-corrected chi connectivity index (χ1v) is 9.06. The number of methoxy groups -OCH3 is 1. The Balaban J connectivity index is 2.99. The number of alkyl carbamates (subject to hydrolysis) is 1. The average molecular weight is 383 g/mol. The van der Waals surface area contributed by atoms with Gasteiger partial charge in [0.1, 0.15) is 18.2 Å². The number of ether oxygens (including phenoxy) is 2. The number of amides is 2. The molecule has 0 saturated heterocycles. The predicted octanol–water partition coefficient (Wildman–Crippen LogP) is 2.43. The lowest BCUT2D eigenvalue weighted by Gasteiger charge is -2.34. The zero-order valence-corrected chi connectivity index (χ0v) is 16.4. The second-order valence-electron chi connectivity index (χ2n) is 7.51. The van der Waals surface area contributed by atoms with Crippen LogP contribution in [0.5, 0.6) is 0 Å². The van der Waals surface area contributed by atoms with Gasteiger partial charge in [-0.2, -0.15) is 0 Å². The van der Waals surface area contributed by atoms with Crippen molar-refractivity contribution < 1.29 is 23.9 Å². The highest BCUT2D eigenvalue weighted by Gasteiger charge is 2.36. The second kappa shape index (κ2) is 10.6. The lowest BCUT2D eigenvalue weighted by atomic mass is 9.81. The van der Waals surface area contributed by atoms with E-state index < -0.39 is 35.7 Å². The highest BCUT2D eigenvalue weighted by molar-refractivity contribution is 5.87. The maximum Gasteiger partial charge on any atom is 0.407 e. The van der Waals surface area contributed by atoms with Crippen LogP contribution in [0.4, 0.5) is 4.79 Å². The molecule has 10 nitrogen and oxygen atoms in total. The number of nitrogens with zero attached hydrogens (tertiary/aromatic N) is 3. The van der Waals surface area contributed by atoms with Crippen molar-refractivity contribution >= 4 is 18.0 Å². The van der Waals surface area contributed by atoms with Crippen LogP contribution < -0.4 is 10.6 Å². The van der Waals surface area contributed by atoms with Gasteiger partial charge >= 0.3 is 12.1 Å². The molecule has 1 saturated carbocycles. The monoisotopic (exact) mass is 383 g/mol. The SMILES string of the molecule is COC(=O)CNC(=O)[C@H](N=[N+]=[N-])[C@H](NC(=O)OC(C)(C)C)C1CCCCC1. The molecule has 0 aliphatic heterocycles. The molecule has 0 spiro atoms. The molecule has 0 bridgehead atoms. The second-order valence-corrected chi connectivity index (χ2v) is 7.51. The molecule has 0 aromatic rings. The summed E-state index contributed by atoms with van der Waals surface area (Å²) in [7, 11) is 1.20. The molecule has 1 aliphatic rings. The van der Waals surface area contributed by atoms with Crippen molar-refractivity contribution in [2.24, 2.45) is 11.0 Å². The smallest absolute Gasteiger partial charge is 0.407 e. The van der Waals surface area contributed by atoms with Crippen molar-refractivity contribution in [3.8, 4) is 0 Å². The molecule has 0 aromatic carbocycles. The van der Waals surface area contributed by atoms with E-state index in [1.807, 2.05) is 0 Å². The van der Waals surface area contributed by atoms with Gasteiger partial charge in [-0.1, -0.05) is 24.4 Å². The highest BCUT2D eigenvalue weighted by atomic mass is 16.6. The van der Waals surface area contributed by atoms with Gasteiger partial charge in [-0.3, -0.25) is 9.59 Å². The maximum absolute atomic E-state index is 12.5. The third kappa shape index (κ3) is 8.17. The molecule has 0 heterocycles. The van der Waals surface area contributed by atoms with Gasteiger partial charge in [-0.05, 0) is 45.1 Å². The molecule has 2 atom stereocenters. The van der Waals surface area contributed by atoms with Crippen LogP contribution in [0.25, 0.3) is 10.4 Å². The number of rotatable bonds is 7.